The Hall–Kier alpha value is -3.60. The van der Waals surface area contributed by atoms with Gasteiger partial charge in [0.05, 0.1) is 12.2 Å². The van der Waals surface area contributed by atoms with E-state index >= 15 is 0 Å². The highest BCUT2D eigenvalue weighted by molar-refractivity contribution is 6.15. The number of aromatic carboxylic acids is 1. The quantitative estimate of drug-likeness (QED) is 0.499. The van der Waals surface area contributed by atoms with E-state index in [4.69, 9.17) is 9.47 Å². The minimum Gasteiger partial charge on any atom is -0.494 e. The maximum atomic E-state index is 13.4. The second-order valence-electron chi connectivity index (χ2n) is 8.55. The molecule has 4 rings (SSSR count). The van der Waals surface area contributed by atoms with Gasteiger partial charge in [-0.05, 0) is 30.9 Å². The van der Waals surface area contributed by atoms with E-state index in [1.165, 1.54) is 6.07 Å². The Balaban J connectivity index is 1.76. The largest absolute Gasteiger partial charge is 0.494 e. The first-order valence-electron chi connectivity index (χ1n) is 10.7. The summed E-state index contributed by atoms with van der Waals surface area (Å²) >= 11 is 0. The molecule has 3 aromatic carbocycles. The van der Waals surface area contributed by atoms with Gasteiger partial charge in [-0.3, -0.25) is 4.79 Å². The lowest BCUT2D eigenvalue weighted by atomic mass is 9.75. The van der Waals surface area contributed by atoms with Crippen molar-refractivity contribution in [3.63, 3.8) is 0 Å². The van der Waals surface area contributed by atoms with Crippen molar-refractivity contribution in [2.75, 3.05) is 6.61 Å². The summed E-state index contributed by atoms with van der Waals surface area (Å²) in [6.07, 6.45) is 0.324. The zero-order chi connectivity index (χ0) is 22.9. The Labute approximate surface area is 187 Å². The summed E-state index contributed by atoms with van der Waals surface area (Å²) in [6.45, 7) is 6.81. The van der Waals surface area contributed by atoms with Gasteiger partial charge in [0.1, 0.15) is 17.6 Å². The van der Waals surface area contributed by atoms with Crippen molar-refractivity contribution in [2.24, 2.45) is 0 Å². The van der Waals surface area contributed by atoms with Gasteiger partial charge in [-0.15, -0.1) is 0 Å². The van der Waals surface area contributed by atoms with Crippen molar-refractivity contribution in [3.8, 4) is 11.5 Å². The molecule has 1 N–H and O–H groups in total. The fourth-order valence-corrected chi connectivity index (χ4v) is 4.35. The lowest BCUT2D eigenvalue weighted by Crippen LogP contribution is -2.30. The minimum absolute atomic E-state index is 0.0103. The highest BCUT2D eigenvalue weighted by atomic mass is 16.5. The number of hydrogen-bond donors (Lipinski definition) is 1. The van der Waals surface area contributed by atoms with E-state index in [1.54, 1.807) is 30.3 Å². The molecule has 3 aromatic rings. The first kappa shape index (κ1) is 21.6. The van der Waals surface area contributed by atoms with Crippen molar-refractivity contribution >= 4 is 11.8 Å². The average Bonchev–Trinajstić information content (AvgIpc) is 2.78. The van der Waals surface area contributed by atoms with Crippen LogP contribution >= 0.6 is 0 Å². The average molecular weight is 431 g/mol. The zero-order valence-electron chi connectivity index (χ0n) is 18.4. The molecule has 0 aromatic heterocycles. The van der Waals surface area contributed by atoms with Crippen LogP contribution in [0.2, 0.25) is 0 Å². The number of carboxylic acids is 1. The van der Waals surface area contributed by atoms with E-state index in [2.05, 4.69) is 13.8 Å². The van der Waals surface area contributed by atoms with E-state index in [-0.39, 0.29) is 28.4 Å². The van der Waals surface area contributed by atoms with Crippen LogP contribution in [0.3, 0.4) is 0 Å². The van der Waals surface area contributed by atoms with Crippen molar-refractivity contribution in [1.82, 2.24) is 0 Å². The number of ether oxygens (including phenoxy) is 2. The van der Waals surface area contributed by atoms with Crippen LogP contribution in [0.4, 0.5) is 0 Å². The van der Waals surface area contributed by atoms with E-state index in [0.29, 0.717) is 18.6 Å². The monoisotopic (exact) mass is 430 g/mol. The van der Waals surface area contributed by atoms with Gasteiger partial charge in [-0.25, -0.2) is 4.79 Å². The predicted octanol–water partition coefficient (Wildman–Crippen LogP) is 5.82. The van der Waals surface area contributed by atoms with Crippen LogP contribution in [-0.2, 0) is 5.41 Å². The van der Waals surface area contributed by atoms with Gasteiger partial charge in [-0.1, -0.05) is 62.4 Å². The van der Waals surface area contributed by atoms with Crippen LogP contribution in [0, 0.1) is 0 Å². The molecule has 0 spiro atoms. The van der Waals surface area contributed by atoms with Gasteiger partial charge in [0, 0.05) is 28.3 Å². The second kappa shape index (κ2) is 8.50. The lowest BCUT2D eigenvalue weighted by molar-refractivity contribution is 0.0692. The number of hydrogen-bond acceptors (Lipinski definition) is 4. The maximum Gasteiger partial charge on any atom is 0.336 e. The van der Waals surface area contributed by atoms with E-state index in [9.17, 15) is 14.7 Å². The van der Waals surface area contributed by atoms with E-state index in [1.807, 2.05) is 37.3 Å². The van der Waals surface area contributed by atoms with E-state index in [0.717, 1.165) is 22.6 Å². The molecule has 5 nitrogen and oxygen atoms in total. The zero-order valence-corrected chi connectivity index (χ0v) is 18.4. The Morgan fingerprint density at radius 3 is 2.34 bits per heavy atom. The molecule has 32 heavy (non-hydrogen) atoms. The van der Waals surface area contributed by atoms with Gasteiger partial charge in [0.15, 0.2) is 5.78 Å². The number of fused-ring (bicyclic) bond motifs is 1. The van der Waals surface area contributed by atoms with Crippen molar-refractivity contribution in [1.29, 1.82) is 0 Å². The number of rotatable bonds is 6. The fraction of sp³-hybridized carbons (Fsp3) is 0.259. The maximum absolute atomic E-state index is 13.4. The molecule has 1 aliphatic rings. The van der Waals surface area contributed by atoms with Crippen LogP contribution in [0.5, 0.6) is 11.5 Å². The van der Waals surface area contributed by atoms with Gasteiger partial charge in [-0.2, -0.15) is 0 Å². The number of ketones is 1. The Morgan fingerprint density at radius 1 is 1.00 bits per heavy atom. The minimum atomic E-state index is -1.13. The van der Waals surface area contributed by atoms with Crippen LogP contribution < -0.4 is 9.47 Å². The highest BCUT2D eigenvalue weighted by Gasteiger charge is 2.37. The summed E-state index contributed by atoms with van der Waals surface area (Å²) in [5.74, 6) is 0.0283. The van der Waals surface area contributed by atoms with Gasteiger partial charge >= 0.3 is 5.97 Å². The number of carbonyl (C=O) groups excluding carboxylic acids is 1. The molecule has 0 bridgehead atoms. The molecule has 0 fully saturated rings. The number of carboxylic acid groups (broad SMARTS) is 1. The summed E-state index contributed by atoms with van der Waals surface area (Å²) in [5.41, 5.74) is 2.27. The fourth-order valence-electron chi connectivity index (χ4n) is 4.35. The van der Waals surface area contributed by atoms with Crippen molar-refractivity contribution in [3.05, 3.63) is 94.5 Å². The van der Waals surface area contributed by atoms with Crippen LogP contribution in [0.25, 0.3) is 0 Å². The third-order valence-corrected chi connectivity index (χ3v) is 5.91. The molecular formula is C27H26O5. The standard InChI is InChI=1S/C27H26O5/c1-4-31-17-13-14-22-23(15-17)32-24(16-27(22,2)3)18-9-5-6-10-19(18)25(28)20-11-7-8-12-21(20)26(29)30/h5-15,24H,4,16H2,1-3H3,(H,29,30). The third-order valence-electron chi connectivity index (χ3n) is 5.91. The predicted molar refractivity (Wildman–Crippen MR) is 122 cm³/mol. The number of benzene rings is 3. The lowest BCUT2D eigenvalue weighted by Gasteiger charge is -2.38. The summed E-state index contributed by atoms with van der Waals surface area (Å²) in [4.78, 5) is 25.1. The topological polar surface area (TPSA) is 72.8 Å². The summed E-state index contributed by atoms with van der Waals surface area (Å²) in [7, 11) is 0. The van der Waals surface area contributed by atoms with Crippen LogP contribution in [0.15, 0.2) is 66.7 Å². The Bertz CT molecular complexity index is 1180. The summed E-state index contributed by atoms with van der Waals surface area (Å²) in [6, 6.07) is 19.5. The smallest absolute Gasteiger partial charge is 0.336 e. The molecule has 0 aliphatic carbocycles. The molecule has 5 heteroatoms. The molecule has 0 saturated heterocycles. The normalized spacial score (nSPS) is 16.5. The van der Waals surface area contributed by atoms with Crippen molar-refractivity contribution < 1.29 is 24.2 Å². The molecule has 0 amide bonds. The first-order valence-corrected chi connectivity index (χ1v) is 10.7. The second-order valence-corrected chi connectivity index (χ2v) is 8.55. The molecule has 1 heterocycles. The number of carbonyl (C=O) groups is 2. The molecule has 1 aliphatic heterocycles. The molecule has 1 atom stereocenters. The Morgan fingerprint density at radius 2 is 1.66 bits per heavy atom. The molecule has 0 radical (unpaired) electrons. The summed E-state index contributed by atoms with van der Waals surface area (Å²) in [5, 5.41) is 9.54. The Kier molecular flexibility index (Phi) is 5.74. The van der Waals surface area contributed by atoms with Gasteiger partial charge in [0.25, 0.3) is 0 Å². The molecule has 164 valence electrons. The van der Waals surface area contributed by atoms with Gasteiger partial charge < -0.3 is 14.6 Å². The van der Waals surface area contributed by atoms with Crippen molar-refractivity contribution in [2.45, 2.75) is 38.7 Å². The highest BCUT2D eigenvalue weighted by Crippen LogP contribution is 2.47. The molecule has 0 saturated carbocycles. The van der Waals surface area contributed by atoms with Gasteiger partial charge in [0.2, 0.25) is 0 Å². The van der Waals surface area contributed by atoms with Crippen LogP contribution in [0.1, 0.15) is 70.7 Å². The molecule has 1 unspecified atom stereocenters. The SMILES string of the molecule is CCOc1ccc2c(c1)OC(c1ccccc1C(=O)c1ccccc1C(=O)O)CC2(C)C. The first-order chi connectivity index (χ1) is 15.3. The third kappa shape index (κ3) is 3.98. The van der Waals surface area contributed by atoms with E-state index < -0.39 is 5.97 Å². The van der Waals surface area contributed by atoms with Crippen LogP contribution in [-0.4, -0.2) is 23.5 Å². The summed E-state index contributed by atoms with van der Waals surface area (Å²) < 4.78 is 12.0. The molecular weight excluding hydrogens is 404 g/mol.